The summed E-state index contributed by atoms with van der Waals surface area (Å²) in [5, 5.41) is 14.9. The molecule has 24 heavy (non-hydrogen) atoms. The number of pyridine rings is 1. The van der Waals surface area contributed by atoms with E-state index >= 15 is 0 Å². The van der Waals surface area contributed by atoms with E-state index < -0.39 is 4.92 Å². The first kappa shape index (κ1) is 15.3. The third-order valence-electron chi connectivity index (χ3n) is 3.24. The fourth-order valence-electron chi connectivity index (χ4n) is 2.13. The van der Waals surface area contributed by atoms with E-state index in [1.165, 1.54) is 36.7 Å². The summed E-state index contributed by atoms with van der Waals surface area (Å²) in [6, 6.07) is 12.5. The van der Waals surface area contributed by atoms with Gasteiger partial charge in [0, 0.05) is 24.1 Å². The Morgan fingerprint density at radius 3 is 2.75 bits per heavy atom. The van der Waals surface area contributed by atoms with Gasteiger partial charge in [-0.2, -0.15) is 5.10 Å². The van der Waals surface area contributed by atoms with E-state index in [1.54, 1.807) is 29.0 Å². The number of anilines is 1. The van der Waals surface area contributed by atoms with Crippen LogP contribution in [0.25, 0.3) is 5.69 Å². The summed E-state index contributed by atoms with van der Waals surface area (Å²) in [6.45, 7) is 0. The van der Waals surface area contributed by atoms with Crippen molar-refractivity contribution >= 4 is 17.7 Å². The number of halogens is 1. The van der Waals surface area contributed by atoms with Gasteiger partial charge in [0.15, 0.2) is 0 Å². The minimum atomic E-state index is -0.536. The van der Waals surface area contributed by atoms with Crippen LogP contribution >= 0.6 is 0 Å². The summed E-state index contributed by atoms with van der Waals surface area (Å²) in [5.74, 6) is -0.260. The summed E-state index contributed by atoms with van der Waals surface area (Å²) < 4.78 is 14.8. The highest BCUT2D eigenvalue weighted by Crippen LogP contribution is 2.20. The molecule has 8 heteroatoms. The van der Waals surface area contributed by atoms with E-state index in [1.807, 2.05) is 6.07 Å². The molecule has 0 bridgehead atoms. The van der Waals surface area contributed by atoms with E-state index in [4.69, 9.17) is 0 Å². The van der Waals surface area contributed by atoms with Crippen LogP contribution in [0.4, 0.5) is 15.9 Å². The Labute approximate surface area is 136 Å². The number of rotatable bonds is 5. The Kier molecular flexibility index (Phi) is 4.28. The zero-order valence-electron chi connectivity index (χ0n) is 12.3. The smallest absolute Gasteiger partial charge is 0.313 e. The monoisotopic (exact) mass is 325 g/mol. The molecule has 1 aromatic carbocycles. The van der Waals surface area contributed by atoms with Crippen LogP contribution < -0.4 is 5.43 Å². The number of hydrogen-bond acceptors (Lipinski definition) is 5. The Morgan fingerprint density at radius 2 is 2.00 bits per heavy atom. The lowest BCUT2D eigenvalue weighted by molar-refractivity contribution is -0.384. The third kappa shape index (κ3) is 3.27. The molecule has 0 saturated heterocycles. The largest absolute Gasteiger partial charge is 0.316 e. The zero-order chi connectivity index (χ0) is 16.9. The summed E-state index contributed by atoms with van der Waals surface area (Å²) in [4.78, 5) is 14.3. The van der Waals surface area contributed by atoms with Gasteiger partial charge in [-0.3, -0.25) is 15.5 Å². The van der Waals surface area contributed by atoms with Crippen LogP contribution in [0.5, 0.6) is 0 Å². The van der Waals surface area contributed by atoms with Gasteiger partial charge in [0.2, 0.25) is 5.82 Å². The lowest BCUT2D eigenvalue weighted by Gasteiger charge is -2.06. The van der Waals surface area contributed by atoms with Crippen molar-refractivity contribution in [2.24, 2.45) is 5.10 Å². The molecule has 0 spiro atoms. The average molecular weight is 325 g/mol. The molecule has 120 valence electrons. The van der Waals surface area contributed by atoms with Crippen molar-refractivity contribution in [1.29, 1.82) is 0 Å². The van der Waals surface area contributed by atoms with Crippen molar-refractivity contribution < 1.29 is 9.31 Å². The van der Waals surface area contributed by atoms with Crippen molar-refractivity contribution in [2.45, 2.75) is 0 Å². The van der Waals surface area contributed by atoms with Crippen LogP contribution in [-0.4, -0.2) is 20.7 Å². The van der Waals surface area contributed by atoms with E-state index in [-0.39, 0.29) is 17.3 Å². The Morgan fingerprint density at radius 1 is 1.21 bits per heavy atom. The fraction of sp³-hybridized carbons (Fsp3) is 0. The van der Waals surface area contributed by atoms with Crippen molar-refractivity contribution in [2.75, 3.05) is 5.43 Å². The number of hydrazone groups is 1. The molecule has 2 heterocycles. The van der Waals surface area contributed by atoms with Crippen LogP contribution in [0.2, 0.25) is 0 Å². The van der Waals surface area contributed by atoms with Crippen molar-refractivity contribution in [3.05, 3.63) is 82.6 Å². The normalized spacial score (nSPS) is 10.9. The summed E-state index contributed by atoms with van der Waals surface area (Å²) in [5.41, 5.74) is 3.89. The lowest BCUT2D eigenvalue weighted by Crippen LogP contribution is -2.01. The maximum atomic E-state index is 13.0. The number of nitrogens with zero attached hydrogens (tertiary/aromatic N) is 4. The molecule has 0 radical (unpaired) electrons. The molecular weight excluding hydrogens is 313 g/mol. The number of benzene rings is 1. The SMILES string of the molecule is O=[N+]([O-])c1cccnc1N/N=C\c1cccn1-c1ccc(F)cc1. The average Bonchev–Trinajstić information content (AvgIpc) is 3.04. The second-order valence-corrected chi connectivity index (χ2v) is 4.78. The molecule has 0 aliphatic carbocycles. The van der Waals surface area contributed by atoms with Crippen molar-refractivity contribution in [1.82, 2.24) is 9.55 Å². The van der Waals surface area contributed by atoms with Crippen LogP contribution in [0.1, 0.15) is 5.69 Å². The zero-order valence-corrected chi connectivity index (χ0v) is 12.3. The predicted molar refractivity (Wildman–Crippen MR) is 87.8 cm³/mol. The van der Waals surface area contributed by atoms with Gasteiger partial charge >= 0.3 is 5.69 Å². The first-order valence-electron chi connectivity index (χ1n) is 6.97. The van der Waals surface area contributed by atoms with E-state index in [0.717, 1.165) is 5.69 Å². The topological polar surface area (TPSA) is 85.3 Å². The van der Waals surface area contributed by atoms with E-state index in [0.29, 0.717) is 5.69 Å². The first-order chi connectivity index (χ1) is 11.6. The molecule has 0 fully saturated rings. The van der Waals surface area contributed by atoms with Gasteiger partial charge in [0.05, 0.1) is 16.8 Å². The van der Waals surface area contributed by atoms with Gasteiger partial charge < -0.3 is 4.57 Å². The van der Waals surface area contributed by atoms with Gasteiger partial charge in [0.1, 0.15) is 5.82 Å². The molecule has 0 unspecified atom stereocenters. The maximum Gasteiger partial charge on any atom is 0.313 e. The van der Waals surface area contributed by atoms with Gasteiger partial charge in [0.25, 0.3) is 0 Å². The first-order valence-corrected chi connectivity index (χ1v) is 6.97. The number of nitro groups is 1. The molecule has 0 amide bonds. The van der Waals surface area contributed by atoms with Crippen molar-refractivity contribution in [3.8, 4) is 5.69 Å². The summed E-state index contributed by atoms with van der Waals surface area (Å²) in [7, 11) is 0. The lowest BCUT2D eigenvalue weighted by atomic mass is 10.3. The Hall–Kier alpha value is -3.55. The minimum Gasteiger partial charge on any atom is -0.316 e. The summed E-state index contributed by atoms with van der Waals surface area (Å²) >= 11 is 0. The highest BCUT2D eigenvalue weighted by Gasteiger charge is 2.12. The predicted octanol–water partition coefficient (Wildman–Crippen LogP) is 3.37. The molecule has 3 aromatic rings. The molecular formula is C16H12FN5O2. The van der Waals surface area contributed by atoms with Crippen molar-refractivity contribution in [3.63, 3.8) is 0 Å². The van der Waals surface area contributed by atoms with Gasteiger partial charge in [-0.1, -0.05) is 0 Å². The molecule has 2 aromatic heterocycles. The van der Waals surface area contributed by atoms with Gasteiger partial charge in [-0.25, -0.2) is 9.37 Å². The molecule has 0 aliphatic heterocycles. The highest BCUT2D eigenvalue weighted by atomic mass is 19.1. The third-order valence-corrected chi connectivity index (χ3v) is 3.24. The number of nitrogens with one attached hydrogen (secondary N) is 1. The fourth-order valence-corrected chi connectivity index (χ4v) is 2.13. The van der Waals surface area contributed by atoms with Gasteiger partial charge in [-0.05, 0) is 42.5 Å². The number of hydrogen-bond donors (Lipinski definition) is 1. The van der Waals surface area contributed by atoms with E-state index in [9.17, 15) is 14.5 Å². The Bertz CT molecular complexity index is 889. The number of aromatic nitrogens is 2. The van der Waals surface area contributed by atoms with Crippen LogP contribution in [-0.2, 0) is 0 Å². The van der Waals surface area contributed by atoms with Crippen LogP contribution in [0, 0.1) is 15.9 Å². The molecule has 0 atom stereocenters. The second kappa shape index (κ2) is 6.69. The van der Waals surface area contributed by atoms with Crippen LogP contribution in [0.3, 0.4) is 0 Å². The summed E-state index contributed by atoms with van der Waals surface area (Å²) in [6.07, 6.45) is 4.74. The second-order valence-electron chi connectivity index (χ2n) is 4.78. The highest BCUT2D eigenvalue weighted by molar-refractivity contribution is 5.79. The minimum absolute atomic E-state index is 0.0543. The van der Waals surface area contributed by atoms with Crippen LogP contribution in [0.15, 0.2) is 66.0 Å². The van der Waals surface area contributed by atoms with E-state index in [2.05, 4.69) is 15.5 Å². The maximum absolute atomic E-state index is 13.0. The molecule has 1 N–H and O–H groups in total. The molecule has 3 rings (SSSR count). The standard InChI is InChI=1S/C16H12FN5O2/c17-12-5-7-13(8-6-12)21-10-2-3-14(21)11-19-20-16-15(22(23)24)4-1-9-18-16/h1-11H,(H,18,20)/b19-11-. The molecule has 7 nitrogen and oxygen atoms in total. The quantitative estimate of drug-likeness (QED) is 0.443. The van der Waals surface area contributed by atoms with Gasteiger partial charge in [-0.15, -0.1) is 0 Å². The molecule has 0 aliphatic rings. The Balaban J connectivity index is 1.81. The molecule has 0 saturated carbocycles.